The molecule has 4 rings (SSSR count). The molecule has 0 fully saturated rings. The first-order valence-electron chi connectivity index (χ1n) is 18.9. The Labute approximate surface area is 343 Å². The number of hydrogen-bond acceptors (Lipinski definition) is 14. The molecule has 17 heteroatoms. The van der Waals surface area contributed by atoms with Gasteiger partial charge in [0, 0.05) is 90.7 Å². The van der Waals surface area contributed by atoms with Crippen LogP contribution in [0.15, 0.2) is 93.3 Å². The van der Waals surface area contributed by atoms with Crippen LogP contribution in [0.4, 0.5) is 45.5 Å². The minimum atomic E-state index is -0.577. The number of nitro groups is 2. The Hall–Kier alpha value is -5.81. The first kappa shape index (κ1) is 47.3. The van der Waals surface area contributed by atoms with E-state index in [0.29, 0.717) is 0 Å². The van der Waals surface area contributed by atoms with Gasteiger partial charge in [-0.05, 0) is 62.1 Å². The molecule has 0 aromatic heterocycles. The Morgan fingerprint density at radius 2 is 0.789 bits per heavy atom. The van der Waals surface area contributed by atoms with Crippen molar-refractivity contribution in [2.24, 2.45) is 20.5 Å². The van der Waals surface area contributed by atoms with Crippen LogP contribution in [0.5, 0.6) is 23.0 Å². The molecule has 0 heterocycles. The molecule has 0 unspecified atom stereocenters. The number of unbranched alkanes of at least 4 members (excludes halogenated alkanes) is 4. The van der Waals surface area contributed by atoms with Crippen LogP contribution >= 0.6 is 0 Å². The van der Waals surface area contributed by atoms with E-state index in [-0.39, 0.29) is 73.9 Å². The minimum absolute atomic E-state index is 0. The third kappa shape index (κ3) is 15.0. The zero-order valence-corrected chi connectivity index (χ0v) is 33.8. The van der Waals surface area contributed by atoms with Gasteiger partial charge >= 0.3 is 0 Å². The van der Waals surface area contributed by atoms with Crippen LogP contribution in [0, 0.1) is 20.2 Å². The summed E-state index contributed by atoms with van der Waals surface area (Å²) < 4.78 is 0. The summed E-state index contributed by atoms with van der Waals surface area (Å²) in [6.45, 7) is 12.2. The number of phenols is 4. The number of hydrogen-bond donors (Lipinski definition) is 4. The number of nitrogens with zero attached hydrogens (tertiary/aromatic N) is 8. The predicted molar refractivity (Wildman–Crippen MR) is 218 cm³/mol. The van der Waals surface area contributed by atoms with E-state index in [1.807, 2.05) is 12.1 Å². The molecule has 309 valence electrons. The SMILES string of the molecule is CCCCN(CCCC)c1ccc(N=Nc2cc([N+](=O)[O-])ccc2O)c(O)c1.CCCCN(CCCC)c1ccc(N=Nc2cc([N+](=O)[O-])ccc2O)c(O)c1.[Co]. The van der Waals surface area contributed by atoms with Gasteiger partial charge in [-0.25, -0.2) is 0 Å². The number of azo groups is 2. The maximum Gasteiger partial charge on any atom is 0.271 e. The smallest absolute Gasteiger partial charge is 0.271 e. The van der Waals surface area contributed by atoms with Gasteiger partial charge in [0.15, 0.2) is 0 Å². The number of benzene rings is 4. The molecule has 16 nitrogen and oxygen atoms in total. The van der Waals surface area contributed by atoms with Gasteiger partial charge in [-0.2, -0.15) is 0 Å². The van der Waals surface area contributed by atoms with Gasteiger partial charge in [-0.1, -0.05) is 53.4 Å². The molecule has 0 spiro atoms. The Balaban J connectivity index is 0.000000387. The van der Waals surface area contributed by atoms with Crippen molar-refractivity contribution in [3.05, 3.63) is 93.0 Å². The van der Waals surface area contributed by atoms with E-state index in [1.165, 1.54) is 24.3 Å². The number of aromatic hydroxyl groups is 4. The Morgan fingerprint density at radius 1 is 0.474 bits per heavy atom. The molecule has 0 saturated carbocycles. The van der Waals surface area contributed by atoms with E-state index in [0.717, 1.165) is 101 Å². The second-order valence-corrected chi connectivity index (χ2v) is 13.0. The van der Waals surface area contributed by atoms with Gasteiger partial charge in [0.1, 0.15) is 45.7 Å². The molecule has 0 aliphatic rings. The molecule has 0 atom stereocenters. The molecule has 0 aliphatic carbocycles. The summed E-state index contributed by atoms with van der Waals surface area (Å²) in [5.74, 6) is -0.528. The molecule has 4 N–H and O–H groups in total. The fourth-order valence-corrected chi connectivity index (χ4v) is 5.35. The minimum Gasteiger partial charge on any atom is -0.506 e. The average Bonchev–Trinajstić information content (AvgIpc) is 3.18. The third-order valence-corrected chi connectivity index (χ3v) is 8.65. The quantitative estimate of drug-likeness (QED) is 0.0374. The molecule has 4 aromatic rings. The van der Waals surface area contributed by atoms with Crippen LogP contribution in [0.25, 0.3) is 0 Å². The van der Waals surface area contributed by atoms with Crippen LogP contribution in [-0.4, -0.2) is 56.5 Å². The number of nitro benzene ring substituents is 2. The zero-order chi connectivity index (χ0) is 41.0. The second-order valence-electron chi connectivity index (χ2n) is 13.0. The topological polar surface area (TPSA) is 223 Å². The second kappa shape index (κ2) is 24.6. The van der Waals surface area contributed by atoms with Gasteiger partial charge in [0.25, 0.3) is 11.4 Å². The van der Waals surface area contributed by atoms with Crippen molar-refractivity contribution in [2.75, 3.05) is 36.0 Å². The van der Waals surface area contributed by atoms with Crippen molar-refractivity contribution >= 4 is 45.5 Å². The molecule has 0 bridgehead atoms. The summed E-state index contributed by atoms with van der Waals surface area (Å²) in [5, 5.41) is 77.5. The van der Waals surface area contributed by atoms with E-state index < -0.39 is 9.85 Å². The van der Waals surface area contributed by atoms with Gasteiger partial charge in [-0.15, -0.1) is 20.5 Å². The third-order valence-electron chi connectivity index (χ3n) is 8.65. The number of rotatable bonds is 20. The van der Waals surface area contributed by atoms with Crippen LogP contribution in [0.3, 0.4) is 0 Å². The average molecular weight is 832 g/mol. The molecule has 57 heavy (non-hydrogen) atoms. The monoisotopic (exact) mass is 831 g/mol. The standard InChI is InChI=1S/2C20H26N4O4.Co/c2*1-3-5-11-23(12-6-4-2)15-7-9-17(20(26)14-15)21-22-18-13-16(24(27)28)8-10-19(18)25;/h2*7-10,13-14,25-26H,3-6,11-12H2,1-2H3;. The molecular formula is C40H52CoN8O8. The van der Waals surface area contributed by atoms with E-state index in [1.54, 1.807) is 24.3 Å². The van der Waals surface area contributed by atoms with Crippen molar-refractivity contribution < 1.29 is 47.1 Å². The summed E-state index contributed by atoms with van der Waals surface area (Å²) in [4.78, 5) is 25.0. The Kier molecular flexibility index (Phi) is 20.5. The van der Waals surface area contributed by atoms with Crippen LogP contribution in [0.1, 0.15) is 79.1 Å². The first-order chi connectivity index (χ1) is 26.9. The van der Waals surface area contributed by atoms with Crippen LogP contribution < -0.4 is 9.80 Å². The predicted octanol–water partition coefficient (Wildman–Crippen LogP) is 11.7. The zero-order valence-electron chi connectivity index (χ0n) is 32.7. The molecule has 0 aliphatic heterocycles. The van der Waals surface area contributed by atoms with E-state index in [2.05, 4.69) is 58.0 Å². The Bertz CT molecular complexity index is 1810. The summed E-state index contributed by atoms with van der Waals surface area (Å²) in [6.07, 6.45) is 8.63. The van der Waals surface area contributed by atoms with Crippen molar-refractivity contribution in [3.8, 4) is 23.0 Å². The molecule has 1 radical (unpaired) electrons. The van der Waals surface area contributed by atoms with Crippen molar-refractivity contribution in [1.29, 1.82) is 0 Å². The molecule has 4 aromatic carbocycles. The van der Waals surface area contributed by atoms with E-state index in [9.17, 15) is 40.7 Å². The number of phenolic OH excluding ortho intramolecular Hbond substituents is 4. The first-order valence-corrected chi connectivity index (χ1v) is 18.9. The van der Waals surface area contributed by atoms with Gasteiger partial charge in [-0.3, -0.25) is 20.2 Å². The van der Waals surface area contributed by atoms with Gasteiger partial charge in [0.2, 0.25) is 0 Å². The summed E-state index contributed by atoms with van der Waals surface area (Å²) in [5.41, 5.74) is 1.80. The van der Waals surface area contributed by atoms with Gasteiger partial charge in [0.05, 0.1) is 9.85 Å². The number of anilines is 2. The van der Waals surface area contributed by atoms with Gasteiger partial charge < -0.3 is 30.2 Å². The maximum absolute atomic E-state index is 10.9. The van der Waals surface area contributed by atoms with Crippen molar-refractivity contribution in [2.45, 2.75) is 79.1 Å². The van der Waals surface area contributed by atoms with E-state index in [4.69, 9.17) is 0 Å². The number of non-ortho nitro benzene ring substituents is 2. The normalized spacial score (nSPS) is 10.9. The fourth-order valence-electron chi connectivity index (χ4n) is 5.35. The summed E-state index contributed by atoms with van der Waals surface area (Å²) in [7, 11) is 0. The Morgan fingerprint density at radius 3 is 1.07 bits per heavy atom. The van der Waals surface area contributed by atoms with Crippen LogP contribution in [0.2, 0.25) is 0 Å². The van der Waals surface area contributed by atoms with Crippen molar-refractivity contribution in [1.82, 2.24) is 0 Å². The van der Waals surface area contributed by atoms with Crippen LogP contribution in [-0.2, 0) is 16.8 Å². The van der Waals surface area contributed by atoms with E-state index >= 15 is 0 Å². The molecular weight excluding hydrogens is 779 g/mol. The molecule has 0 amide bonds. The molecule has 0 saturated heterocycles. The fraction of sp³-hybridized carbons (Fsp3) is 0.400. The largest absolute Gasteiger partial charge is 0.506 e. The summed E-state index contributed by atoms with van der Waals surface area (Å²) in [6, 6.07) is 17.3. The van der Waals surface area contributed by atoms with Crippen molar-refractivity contribution in [3.63, 3.8) is 0 Å². The summed E-state index contributed by atoms with van der Waals surface area (Å²) >= 11 is 0. The maximum atomic E-state index is 10.9.